The maximum atomic E-state index is 12.6. The summed E-state index contributed by atoms with van der Waals surface area (Å²) in [6, 6.07) is 1.55. The van der Waals surface area contributed by atoms with Crippen molar-refractivity contribution in [1.29, 1.82) is 0 Å². The van der Waals surface area contributed by atoms with Crippen LogP contribution in [-0.4, -0.2) is 0 Å². The summed E-state index contributed by atoms with van der Waals surface area (Å²) >= 11 is 5.23. The van der Waals surface area contributed by atoms with E-state index in [1.807, 2.05) is 0 Å². The van der Waals surface area contributed by atoms with Gasteiger partial charge in [0.25, 0.3) is 0 Å². The summed E-state index contributed by atoms with van der Waals surface area (Å²) < 4.78 is 25.1. The van der Waals surface area contributed by atoms with Gasteiger partial charge in [-0.3, -0.25) is 0 Å². The molecular weight excluding hydrogens is 172 g/mol. The highest BCUT2D eigenvalue weighted by atomic mass is 35.5. The maximum absolute atomic E-state index is 12.6. The number of nitrogens with zero attached hydrogens (tertiary/aromatic N) is 1. The van der Waals surface area contributed by atoms with E-state index in [1.165, 1.54) is 0 Å². The Morgan fingerprint density at radius 2 is 1.91 bits per heavy atom. The van der Waals surface area contributed by atoms with E-state index in [0.29, 0.717) is 0 Å². The molecule has 0 saturated carbocycles. The molecule has 0 aromatic heterocycles. The molecule has 0 heterocycles. The zero-order chi connectivity index (χ0) is 8.43. The van der Waals surface area contributed by atoms with E-state index in [4.69, 9.17) is 18.2 Å². The summed E-state index contributed by atoms with van der Waals surface area (Å²) in [5, 5.41) is -0.310. The van der Waals surface area contributed by atoms with Crippen LogP contribution in [0.3, 0.4) is 0 Å². The van der Waals surface area contributed by atoms with Crippen LogP contribution in [0.2, 0.25) is 5.02 Å². The molecule has 0 N–H and O–H groups in total. The Balaban J connectivity index is 3.35. The fraction of sp³-hybridized carbons (Fsp3) is 0. The Hall–Kier alpha value is -1.14. The molecule has 1 aromatic rings. The molecule has 0 atom stereocenters. The first-order chi connectivity index (χ1) is 5.15. The highest BCUT2D eigenvalue weighted by Crippen LogP contribution is 2.24. The first-order valence-corrected chi connectivity index (χ1v) is 3.05. The Labute approximate surface area is 67.0 Å². The van der Waals surface area contributed by atoms with E-state index in [0.717, 1.165) is 12.1 Å². The predicted octanol–water partition coefficient (Wildman–Crippen LogP) is 3.17. The van der Waals surface area contributed by atoms with Crippen molar-refractivity contribution in [2.75, 3.05) is 0 Å². The molecule has 0 aliphatic rings. The topological polar surface area (TPSA) is 4.36 Å². The van der Waals surface area contributed by atoms with Gasteiger partial charge in [0.15, 0.2) is 0 Å². The van der Waals surface area contributed by atoms with Gasteiger partial charge < -0.3 is 0 Å². The molecular formula is C7H2ClF2N. The van der Waals surface area contributed by atoms with Crippen LogP contribution in [0.5, 0.6) is 0 Å². The lowest BCUT2D eigenvalue weighted by molar-refractivity contribution is 0.605. The van der Waals surface area contributed by atoms with E-state index >= 15 is 0 Å². The van der Waals surface area contributed by atoms with Crippen LogP contribution in [0.25, 0.3) is 4.85 Å². The third-order valence-corrected chi connectivity index (χ3v) is 1.40. The maximum Gasteiger partial charge on any atom is 0.225 e. The molecule has 56 valence electrons. The summed E-state index contributed by atoms with van der Waals surface area (Å²) in [4.78, 5) is 2.75. The fourth-order valence-electron chi connectivity index (χ4n) is 0.598. The molecule has 11 heavy (non-hydrogen) atoms. The number of halogens is 3. The number of benzene rings is 1. The van der Waals surface area contributed by atoms with Gasteiger partial charge in [-0.2, -0.15) is 0 Å². The molecule has 1 nitrogen and oxygen atoms in total. The molecule has 0 aliphatic heterocycles. The van der Waals surface area contributed by atoms with Crippen molar-refractivity contribution in [3.8, 4) is 0 Å². The lowest BCUT2D eigenvalue weighted by Gasteiger charge is -1.95. The van der Waals surface area contributed by atoms with Crippen molar-refractivity contribution in [3.05, 3.63) is 40.2 Å². The van der Waals surface area contributed by atoms with E-state index in [9.17, 15) is 8.78 Å². The SMILES string of the molecule is [C-]#[N+]c1cc(F)c(Cl)cc1F. The Kier molecular flexibility index (Phi) is 2.06. The standard InChI is InChI=1S/C7H2ClF2N/c1-11-7-3-5(9)4(8)2-6(7)10/h2-3H. The van der Waals surface area contributed by atoms with Crippen molar-refractivity contribution in [2.24, 2.45) is 0 Å². The summed E-state index contributed by atoms with van der Waals surface area (Å²) in [7, 11) is 0. The second kappa shape index (κ2) is 2.85. The molecule has 0 radical (unpaired) electrons. The van der Waals surface area contributed by atoms with Crippen LogP contribution < -0.4 is 0 Å². The van der Waals surface area contributed by atoms with Crippen LogP contribution in [-0.2, 0) is 0 Å². The second-order valence-electron chi connectivity index (χ2n) is 1.83. The predicted molar refractivity (Wildman–Crippen MR) is 37.6 cm³/mol. The van der Waals surface area contributed by atoms with E-state index in [-0.39, 0.29) is 10.7 Å². The fourth-order valence-corrected chi connectivity index (χ4v) is 0.748. The van der Waals surface area contributed by atoms with Gasteiger partial charge in [0.05, 0.1) is 11.6 Å². The number of rotatable bonds is 0. The zero-order valence-corrected chi connectivity index (χ0v) is 5.99. The molecule has 0 saturated heterocycles. The van der Waals surface area contributed by atoms with E-state index in [2.05, 4.69) is 4.85 Å². The van der Waals surface area contributed by atoms with Gasteiger partial charge in [0, 0.05) is 0 Å². The summed E-state index contributed by atoms with van der Waals surface area (Å²) in [6.07, 6.45) is 0. The lowest BCUT2D eigenvalue weighted by Crippen LogP contribution is -1.79. The molecule has 0 aliphatic carbocycles. The molecule has 4 heteroatoms. The van der Waals surface area contributed by atoms with Gasteiger partial charge in [0.2, 0.25) is 5.69 Å². The minimum atomic E-state index is -0.800. The summed E-state index contributed by atoms with van der Waals surface area (Å²) in [5.41, 5.74) is -0.355. The Morgan fingerprint density at radius 1 is 1.27 bits per heavy atom. The zero-order valence-electron chi connectivity index (χ0n) is 5.24. The van der Waals surface area contributed by atoms with Gasteiger partial charge >= 0.3 is 0 Å². The molecule has 1 aromatic carbocycles. The number of hydrogen-bond donors (Lipinski definition) is 0. The second-order valence-corrected chi connectivity index (χ2v) is 2.24. The smallest absolute Gasteiger partial charge is 0.225 e. The molecule has 0 bridgehead atoms. The largest absolute Gasteiger partial charge is 0.235 e. The van der Waals surface area contributed by atoms with E-state index in [1.54, 1.807) is 0 Å². The minimum absolute atomic E-state index is 0.310. The average Bonchev–Trinajstić information content (AvgIpc) is 1.97. The van der Waals surface area contributed by atoms with Gasteiger partial charge in [0.1, 0.15) is 11.6 Å². The molecule has 0 amide bonds. The van der Waals surface area contributed by atoms with Crippen LogP contribution in [0, 0.1) is 18.2 Å². The average molecular weight is 174 g/mol. The van der Waals surface area contributed by atoms with Crippen LogP contribution >= 0.6 is 11.6 Å². The molecule has 1 rings (SSSR count). The quantitative estimate of drug-likeness (QED) is 0.419. The number of hydrogen-bond acceptors (Lipinski definition) is 0. The summed E-state index contributed by atoms with van der Waals surface area (Å²) in [5.74, 6) is -1.58. The minimum Gasteiger partial charge on any atom is -0.235 e. The monoisotopic (exact) mass is 173 g/mol. The van der Waals surface area contributed by atoms with Gasteiger partial charge in [-0.1, -0.05) is 11.6 Å². The highest BCUT2D eigenvalue weighted by Gasteiger charge is 2.06. The third kappa shape index (κ3) is 1.47. The van der Waals surface area contributed by atoms with Crippen LogP contribution in [0.15, 0.2) is 12.1 Å². The van der Waals surface area contributed by atoms with Crippen LogP contribution in [0.1, 0.15) is 0 Å². The normalized spacial score (nSPS) is 9.27. The third-order valence-electron chi connectivity index (χ3n) is 1.11. The van der Waals surface area contributed by atoms with Crippen LogP contribution in [0.4, 0.5) is 14.5 Å². The van der Waals surface area contributed by atoms with Gasteiger partial charge in [-0.15, -0.1) is 0 Å². The van der Waals surface area contributed by atoms with Gasteiger partial charge in [-0.05, 0) is 12.1 Å². The first-order valence-electron chi connectivity index (χ1n) is 2.67. The Bertz CT molecular complexity index is 330. The Morgan fingerprint density at radius 3 is 2.45 bits per heavy atom. The van der Waals surface area contributed by atoms with E-state index < -0.39 is 11.6 Å². The van der Waals surface area contributed by atoms with Crippen molar-refractivity contribution >= 4 is 17.3 Å². The molecule has 0 unspecified atom stereocenters. The molecule has 0 fully saturated rings. The molecule has 0 spiro atoms. The van der Waals surface area contributed by atoms with Gasteiger partial charge in [-0.25, -0.2) is 13.6 Å². The summed E-state index contributed by atoms with van der Waals surface area (Å²) in [6.45, 7) is 6.43. The van der Waals surface area contributed by atoms with Crippen molar-refractivity contribution < 1.29 is 8.78 Å². The van der Waals surface area contributed by atoms with Crippen molar-refractivity contribution in [3.63, 3.8) is 0 Å². The first kappa shape index (κ1) is 7.96. The van der Waals surface area contributed by atoms with Crippen molar-refractivity contribution in [2.45, 2.75) is 0 Å². The highest BCUT2D eigenvalue weighted by molar-refractivity contribution is 6.30. The van der Waals surface area contributed by atoms with Crippen molar-refractivity contribution in [1.82, 2.24) is 0 Å². The lowest BCUT2D eigenvalue weighted by atomic mass is 10.3.